The number of rotatable bonds is 0. The molecular weight excluding hydrogens is 234 g/mol. The highest BCUT2D eigenvalue weighted by Crippen LogP contribution is 2.56. The molecule has 1 heterocycles. The lowest BCUT2D eigenvalue weighted by Crippen LogP contribution is -2.59. The van der Waals surface area contributed by atoms with E-state index in [0.29, 0.717) is 11.3 Å². The van der Waals surface area contributed by atoms with Gasteiger partial charge < -0.3 is 10.3 Å². The molecule has 0 unspecified atom stereocenters. The van der Waals surface area contributed by atoms with E-state index in [1.165, 1.54) is 41.9 Å². The minimum Gasteiger partial charge on any atom is -0.785 e. The minimum atomic E-state index is 0.253. The first-order chi connectivity index (χ1) is 9.22. The number of hydroxylamine groups is 2. The lowest BCUT2D eigenvalue weighted by atomic mass is 9.52. The first kappa shape index (κ1) is 11.9. The largest absolute Gasteiger partial charge is 0.785 e. The first-order valence-electron chi connectivity index (χ1n) is 7.75. The molecule has 1 aromatic carbocycles. The highest BCUT2D eigenvalue weighted by Gasteiger charge is 2.52. The number of hydrogen-bond acceptors (Lipinski definition) is 2. The van der Waals surface area contributed by atoms with Crippen LogP contribution in [0.4, 0.5) is 0 Å². The summed E-state index contributed by atoms with van der Waals surface area (Å²) in [5.74, 6) is 0.612. The van der Waals surface area contributed by atoms with Crippen molar-refractivity contribution in [2.75, 3.05) is 6.54 Å². The molecule has 1 saturated heterocycles. The quantitative estimate of drug-likeness (QED) is 0.709. The molecule has 2 fully saturated rings. The van der Waals surface area contributed by atoms with E-state index in [1.54, 1.807) is 5.56 Å². The summed E-state index contributed by atoms with van der Waals surface area (Å²) in [5, 5.41) is 13.7. The van der Waals surface area contributed by atoms with Crippen LogP contribution in [0.15, 0.2) is 18.2 Å². The van der Waals surface area contributed by atoms with Crippen molar-refractivity contribution < 1.29 is 0 Å². The number of piperidine rings is 1. The predicted octanol–water partition coefficient (Wildman–Crippen LogP) is 3.55. The first-order valence-corrected chi connectivity index (χ1v) is 7.75. The van der Waals surface area contributed by atoms with Gasteiger partial charge in [-0.2, -0.15) is 0 Å². The van der Waals surface area contributed by atoms with Crippen molar-refractivity contribution in [3.05, 3.63) is 40.1 Å². The molecule has 2 heteroatoms. The molecule has 1 saturated carbocycles. The summed E-state index contributed by atoms with van der Waals surface area (Å²) in [6, 6.07) is 6.95. The monoisotopic (exact) mass is 256 g/mol. The molecule has 4 rings (SSSR count). The van der Waals surface area contributed by atoms with Crippen LogP contribution in [0.5, 0.6) is 0 Å². The fourth-order valence-corrected chi connectivity index (χ4v) is 5.33. The number of fused-ring (bicyclic) bond motifs is 1. The Hall–Kier alpha value is -0.860. The van der Waals surface area contributed by atoms with E-state index in [9.17, 15) is 5.21 Å². The molecule has 0 spiro atoms. The maximum absolute atomic E-state index is 12.3. The van der Waals surface area contributed by atoms with E-state index >= 15 is 0 Å². The van der Waals surface area contributed by atoms with Gasteiger partial charge in [-0.15, -0.1) is 0 Å². The maximum atomic E-state index is 12.3. The van der Waals surface area contributed by atoms with Gasteiger partial charge in [0, 0.05) is 11.5 Å². The SMILES string of the molecule is Cc1cccc2c1[C@@]13CCCC[C@H]1[C@@H](C2)N([O-])CC3. The highest BCUT2D eigenvalue weighted by atomic mass is 16.5. The molecule has 2 bridgehead atoms. The van der Waals surface area contributed by atoms with Gasteiger partial charge in [-0.1, -0.05) is 31.0 Å². The van der Waals surface area contributed by atoms with Crippen molar-refractivity contribution in [2.24, 2.45) is 5.92 Å². The molecule has 0 amide bonds. The topological polar surface area (TPSA) is 26.3 Å². The molecule has 2 aliphatic carbocycles. The molecule has 0 aromatic heterocycles. The summed E-state index contributed by atoms with van der Waals surface area (Å²) in [7, 11) is 0. The van der Waals surface area contributed by atoms with Gasteiger partial charge in [0.25, 0.3) is 0 Å². The number of hydrogen-bond donors (Lipinski definition) is 0. The third-order valence-electron chi connectivity index (χ3n) is 6.00. The van der Waals surface area contributed by atoms with Crippen LogP contribution in [0.25, 0.3) is 0 Å². The fraction of sp³-hybridized carbons (Fsp3) is 0.647. The zero-order chi connectivity index (χ0) is 13.0. The van der Waals surface area contributed by atoms with Crippen LogP contribution < -0.4 is 0 Å². The van der Waals surface area contributed by atoms with Crippen LogP contribution >= 0.6 is 0 Å². The Morgan fingerprint density at radius 1 is 1.26 bits per heavy atom. The summed E-state index contributed by atoms with van der Waals surface area (Å²) in [6.45, 7) is 3.01. The predicted molar refractivity (Wildman–Crippen MR) is 77.0 cm³/mol. The summed E-state index contributed by atoms with van der Waals surface area (Å²) < 4.78 is 0. The molecule has 1 aromatic rings. The minimum absolute atomic E-state index is 0.253. The number of aryl methyl sites for hydroxylation is 1. The molecule has 2 nitrogen and oxygen atoms in total. The van der Waals surface area contributed by atoms with Crippen molar-refractivity contribution >= 4 is 0 Å². The third-order valence-corrected chi connectivity index (χ3v) is 6.00. The van der Waals surface area contributed by atoms with Crippen molar-refractivity contribution in [1.82, 2.24) is 5.06 Å². The molecule has 0 radical (unpaired) electrons. The van der Waals surface area contributed by atoms with Gasteiger partial charge in [0.15, 0.2) is 0 Å². The van der Waals surface area contributed by atoms with E-state index in [0.717, 1.165) is 19.4 Å². The van der Waals surface area contributed by atoms with E-state index in [4.69, 9.17) is 0 Å². The number of nitrogens with zero attached hydrogens (tertiary/aromatic N) is 1. The van der Waals surface area contributed by atoms with Gasteiger partial charge in [-0.25, -0.2) is 0 Å². The lowest BCUT2D eigenvalue weighted by Gasteiger charge is -2.61. The third kappa shape index (κ3) is 1.50. The van der Waals surface area contributed by atoms with Gasteiger partial charge in [0.2, 0.25) is 0 Å². The van der Waals surface area contributed by atoms with Crippen LogP contribution in [0.2, 0.25) is 0 Å². The molecular formula is C17H22NO-. The van der Waals surface area contributed by atoms with Crippen LogP contribution in [0.1, 0.15) is 48.8 Å². The summed E-state index contributed by atoms with van der Waals surface area (Å²) >= 11 is 0. The van der Waals surface area contributed by atoms with Gasteiger partial charge in [0.05, 0.1) is 0 Å². The average Bonchev–Trinajstić information content (AvgIpc) is 2.43. The Labute approximate surface area is 115 Å². The second-order valence-corrected chi connectivity index (χ2v) is 6.78. The second-order valence-electron chi connectivity index (χ2n) is 6.78. The maximum Gasteiger partial charge on any atom is 0.00523 e. The van der Waals surface area contributed by atoms with Crippen LogP contribution in [0.3, 0.4) is 0 Å². The smallest absolute Gasteiger partial charge is 0.00523 e. The van der Waals surface area contributed by atoms with Gasteiger partial charge in [-0.05, 0) is 61.8 Å². The normalized spacial score (nSPS) is 37.6. The van der Waals surface area contributed by atoms with Crippen molar-refractivity contribution in [3.8, 4) is 0 Å². The zero-order valence-corrected chi connectivity index (χ0v) is 11.7. The second kappa shape index (κ2) is 4.07. The van der Waals surface area contributed by atoms with Gasteiger partial charge >= 0.3 is 0 Å². The molecule has 1 aliphatic heterocycles. The van der Waals surface area contributed by atoms with Crippen molar-refractivity contribution in [1.29, 1.82) is 0 Å². The fourth-order valence-electron chi connectivity index (χ4n) is 5.33. The Bertz CT molecular complexity index is 512. The van der Waals surface area contributed by atoms with Crippen LogP contribution in [-0.4, -0.2) is 17.6 Å². The Balaban J connectivity index is 1.93. The highest BCUT2D eigenvalue weighted by molar-refractivity contribution is 5.46. The van der Waals surface area contributed by atoms with Gasteiger partial charge in [-0.3, -0.25) is 0 Å². The Morgan fingerprint density at radius 3 is 3.05 bits per heavy atom. The lowest BCUT2D eigenvalue weighted by molar-refractivity contribution is 0.0136. The number of benzene rings is 1. The van der Waals surface area contributed by atoms with Crippen LogP contribution in [0, 0.1) is 18.0 Å². The van der Waals surface area contributed by atoms with E-state index < -0.39 is 0 Å². The molecule has 3 aliphatic rings. The summed E-state index contributed by atoms with van der Waals surface area (Å²) in [5.41, 5.74) is 4.89. The van der Waals surface area contributed by atoms with E-state index in [1.807, 2.05) is 0 Å². The Morgan fingerprint density at radius 2 is 2.16 bits per heavy atom. The zero-order valence-electron chi connectivity index (χ0n) is 11.7. The van der Waals surface area contributed by atoms with Gasteiger partial charge in [0.1, 0.15) is 0 Å². The summed E-state index contributed by atoms with van der Waals surface area (Å²) in [6.07, 6.45) is 7.29. The summed E-state index contributed by atoms with van der Waals surface area (Å²) in [4.78, 5) is 0. The van der Waals surface area contributed by atoms with E-state index in [2.05, 4.69) is 25.1 Å². The standard InChI is InChI=1S/C17H22NO/c1-12-5-4-6-13-11-15-14-7-2-3-8-17(14,16(12)13)9-10-18(15)19/h4-6,14-15H,2-3,7-11H2,1H3/q-1/t14-,15+,17+/m0/s1. The molecule has 0 N–H and O–H groups in total. The van der Waals surface area contributed by atoms with Crippen molar-refractivity contribution in [2.45, 2.75) is 56.9 Å². The van der Waals surface area contributed by atoms with E-state index in [-0.39, 0.29) is 6.04 Å². The molecule has 102 valence electrons. The van der Waals surface area contributed by atoms with Crippen molar-refractivity contribution in [3.63, 3.8) is 0 Å². The average molecular weight is 256 g/mol. The molecule has 19 heavy (non-hydrogen) atoms. The Kier molecular flexibility index (Phi) is 2.55. The molecule has 3 atom stereocenters. The van der Waals surface area contributed by atoms with Crippen LogP contribution in [-0.2, 0) is 11.8 Å².